The van der Waals surface area contributed by atoms with Crippen LogP contribution in [-0.2, 0) is 33.7 Å². The lowest BCUT2D eigenvalue weighted by atomic mass is 10.2. The molecule has 0 aliphatic carbocycles. The Labute approximate surface area is 136 Å². The van der Waals surface area contributed by atoms with E-state index in [0.717, 1.165) is 0 Å². The van der Waals surface area contributed by atoms with Crippen molar-refractivity contribution in [3.05, 3.63) is 24.3 Å². The van der Waals surface area contributed by atoms with Crippen molar-refractivity contribution in [1.29, 1.82) is 0 Å². The third-order valence-corrected chi connectivity index (χ3v) is 2.43. The highest BCUT2D eigenvalue weighted by molar-refractivity contribution is 5.92. The Hall–Kier alpha value is -2.72. The van der Waals surface area contributed by atoms with Crippen LogP contribution in [0.3, 0.4) is 0 Å². The first-order valence-electron chi connectivity index (χ1n) is 6.66. The van der Waals surface area contributed by atoms with Crippen molar-refractivity contribution in [2.24, 2.45) is 0 Å². The zero-order chi connectivity index (χ0) is 18.7. The summed E-state index contributed by atoms with van der Waals surface area (Å²) in [5, 5.41) is 25.9. The second-order valence-corrected chi connectivity index (χ2v) is 4.51. The number of rotatable bonds is 12. The van der Waals surface area contributed by atoms with Crippen LogP contribution < -0.4 is 0 Å². The molecule has 0 bridgehead atoms. The van der Waals surface area contributed by atoms with Crippen molar-refractivity contribution in [2.75, 3.05) is 6.61 Å². The third kappa shape index (κ3) is 9.33. The number of hydrogen-bond donors (Lipinski definition) is 3. The van der Waals surface area contributed by atoms with E-state index in [1.54, 1.807) is 0 Å². The lowest BCUT2D eigenvalue weighted by molar-refractivity contribution is -0.345. The molecule has 0 heterocycles. The monoisotopic (exact) mass is 346 g/mol. The van der Waals surface area contributed by atoms with Crippen molar-refractivity contribution in [3.63, 3.8) is 0 Å². The summed E-state index contributed by atoms with van der Waals surface area (Å²) >= 11 is 0. The fourth-order valence-electron chi connectivity index (χ4n) is 1.21. The topological polar surface area (TPSA) is 157 Å². The number of aliphatic hydroxyl groups is 1. The van der Waals surface area contributed by atoms with Crippen LogP contribution in [0.4, 0.5) is 0 Å². The van der Waals surface area contributed by atoms with Gasteiger partial charge in [-0.1, -0.05) is 13.2 Å². The zero-order valence-electron chi connectivity index (χ0n) is 12.7. The van der Waals surface area contributed by atoms with Crippen molar-refractivity contribution in [3.8, 4) is 0 Å². The van der Waals surface area contributed by atoms with Gasteiger partial charge >= 0.3 is 23.9 Å². The summed E-state index contributed by atoms with van der Waals surface area (Å²) in [6, 6.07) is 0. The van der Waals surface area contributed by atoms with Crippen LogP contribution in [0.15, 0.2) is 24.3 Å². The van der Waals surface area contributed by atoms with E-state index in [2.05, 4.69) is 22.9 Å². The first-order valence-corrected chi connectivity index (χ1v) is 6.66. The lowest BCUT2D eigenvalue weighted by Gasteiger charge is -2.16. The molecule has 3 N–H and O–H groups in total. The predicted octanol–water partition coefficient (Wildman–Crippen LogP) is 0.165. The molecule has 0 spiro atoms. The zero-order valence-corrected chi connectivity index (χ0v) is 12.7. The van der Waals surface area contributed by atoms with Gasteiger partial charge in [0.2, 0.25) is 6.29 Å². The van der Waals surface area contributed by atoms with Gasteiger partial charge in [0.05, 0.1) is 12.8 Å². The molecule has 0 radical (unpaired) electrons. The Morgan fingerprint density at radius 1 is 0.917 bits per heavy atom. The lowest BCUT2D eigenvalue weighted by Crippen LogP contribution is -2.24. The number of carbonyl (C=O) groups excluding carboxylic acids is 2. The number of ether oxygens (including phenoxy) is 1. The molecule has 1 atom stereocenters. The average molecular weight is 346 g/mol. The summed E-state index contributed by atoms with van der Waals surface area (Å²) < 4.78 is 4.76. The summed E-state index contributed by atoms with van der Waals surface area (Å²) in [6.45, 7) is 6.02. The minimum absolute atomic E-state index is 0.0467. The van der Waals surface area contributed by atoms with E-state index >= 15 is 0 Å². The van der Waals surface area contributed by atoms with Crippen LogP contribution >= 0.6 is 0 Å². The summed E-state index contributed by atoms with van der Waals surface area (Å²) in [5.74, 6) is -4.83. The van der Waals surface area contributed by atoms with E-state index in [0.29, 0.717) is 0 Å². The van der Waals surface area contributed by atoms with Gasteiger partial charge < -0.3 is 20.1 Å². The molecule has 0 aliphatic rings. The molecule has 24 heavy (non-hydrogen) atoms. The first kappa shape index (κ1) is 21.3. The Balaban J connectivity index is 4.50. The molecule has 0 amide bonds. The number of aliphatic hydroxyl groups excluding tert-OH is 1. The smallest absolute Gasteiger partial charge is 0.347 e. The first-order chi connectivity index (χ1) is 11.2. The largest absolute Gasteiger partial charge is 0.478 e. The minimum Gasteiger partial charge on any atom is -0.478 e. The van der Waals surface area contributed by atoms with Crippen LogP contribution in [0.25, 0.3) is 0 Å². The highest BCUT2D eigenvalue weighted by Gasteiger charge is 2.21. The molecule has 0 rings (SSSR count). The third-order valence-electron chi connectivity index (χ3n) is 2.43. The van der Waals surface area contributed by atoms with E-state index < -0.39 is 54.2 Å². The number of aliphatic carboxylic acids is 2. The summed E-state index contributed by atoms with van der Waals surface area (Å²) in [4.78, 5) is 52.8. The highest BCUT2D eigenvalue weighted by Crippen LogP contribution is 2.10. The Morgan fingerprint density at radius 2 is 1.42 bits per heavy atom. The average Bonchev–Trinajstić information content (AvgIpc) is 2.49. The molecule has 0 saturated heterocycles. The van der Waals surface area contributed by atoms with E-state index in [4.69, 9.17) is 20.1 Å². The van der Waals surface area contributed by atoms with Gasteiger partial charge in [0.25, 0.3) is 0 Å². The number of esters is 1. The molecular formula is C14H18O10. The quantitative estimate of drug-likeness (QED) is 0.146. The fraction of sp³-hybridized carbons (Fsp3) is 0.429. The maximum atomic E-state index is 11.5. The van der Waals surface area contributed by atoms with Gasteiger partial charge in [-0.2, -0.15) is 0 Å². The van der Waals surface area contributed by atoms with E-state index in [1.807, 2.05) is 0 Å². The van der Waals surface area contributed by atoms with Crippen LogP contribution in [-0.4, -0.2) is 52.1 Å². The van der Waals surface area contributed by atoms with Gasteiger partial charge in [-0.15, -0.1) is 4.89 Å². The molecule has 10 nitrogen and oxygen atoms in total. The fourth-order valence-corrected chi connectivity index (χ4v) is 1.21. The van der Waals surface area contributed by atoms with E-state index in [1.165, 1.54) is 0 Å². The standard InChI is InChI=1S/C14H18O10/c1-8(13(18)19)6-10(16)22-12(4-3-5-15)24-23-11(17)7-9(2)14(20)21/h12,15H,1-7H2,(H,18,19)(H,20,21). The Bertz CT molecular complexity index is 522. The second-order valence-electron chi connectivity index (χ2n) is 4.51. The number of carboxylic acids is 2. The van der Waals surface area contributed by atoms with Gasteiger partial charge in [-0.05, 0) is 6.42 Å². The minimum atomic E-state index is -1.40. The molecule has 0 aromatic heterocycles. The molecule has 0 saturated carbocycles. The molecule has 0 fully saturated rings. The van der Waals surface area contributed by atoms with E-state index in [-0.39, 0.29) is 19.4 Å². The molecule has 0 aliphatic heterocycles. The molecule has 0 aromatic carbocycles. The van der Waals surface area contributed by atoms with Crippen molar-refractivity contribution >= 4 is 23.9 Å². The van der Waals surface area contributed by atoms with Gasteiger partial charge in [0, 0.05) is 24.2 Å². The molecule has 1 unspecified atom stereocenters. The maximum absolute atomic E-state index is 11.5. The number of carbonyl (C=O) groups is 4. The van der Waals surface area contributed by atoms with Crippen LogP contribution in [0.1, 0.15) is 25.7 Å². The summed E-state index contributed by atoms with van der Waals surface area (Å²) in [7, 11) is 0. The van der Waals surface area contributed by atoms with Crippen molar-refractivity contribution < 1.29 is 49.0 Å². The summed E-state index contributed by atoms with van der Waals surface area (Å²) in [5.41, 5.74) is -0.832. The normalized spacial score (nSPS) is 11.2. The van der Waals surface area contributed by atoms with Crippen LogP contribution in [0.5, 0.6) is 0 Å². The van der Waals surface area contributed by atoms with Gasteiger partial charge in [0.15, 0.2) is 0 Å². The predicted molar refractivity (Wildman–Crippen MR) is 76.2 cm³/mol. The number of carboxylic acid groups (broad SMARTS) is 2. The molecule has 134 valence electrons. The number of hydrogen-bond acceptors (Lipinski definition) is 8. The maximum Gasteiger partial charge on any atom is 0.347 e. The van der Waals surface area contributed by atoms with Crippen LogP contribution in [0.2, 0.25) is 0 Å². The Morgan fingerprint density at radius 3 is 1.88 bits per heavy atom. The highest BCUT2D eigenvalue weighted by atomic mass is 17.2. The van der Waals surface area contributed by atoms with Gasteiger partial charge in [-0.3, -0.25) is 9.68 Å². The molecular weight excluding hydrogens is 328 g/mol. The van der Waals surface area contributed by atoms with Gasteiger partial charge in [-0.25, -0.2) is 14.4 Å². The molecule has 0 aromatic rings. The SMILES string of the molecule is C=C(CC(=O)OOC(CCCO)OC(=O)CC(=C)C(=O)O)C(=O)O. The summed E-state index contributed by atoms with van der Waals surface area (Å²) in [6.07, 6.45) is -2.57. The Kier molecular flexibility index (Phi) is 9.68. The van der Waals surface area contributed by atoms with E-state index in [9.17, 15) is 19.2 Å². The van der Waals surface area contributed by atoms with Gasteiger partial charge in [0.1, 0.15) is 0 Å². The van der Waals surface area contributed by atoms with Crippen LogP contribution in [0, 0.1) is 0 Å². The van der Waals surface area contributed by atoms with Crippen molar-refractivity contribution in [2.45, 2.75) is 32.0 Å². The van der Waals surface area contributed by atoms with Crippen molar-refractivity contribution in [1.82, 2.24) is 0 Å². The molecule has 10 heteroatoms. The second kappa shape index (κ2) is 10.9.